The van der Waals surface area contributed by atoms with Gasteiger partial charge in [-0.1, -0.05) is 24.3 Å². The average molecular weight is 500 g/mol. The maximum absolute atomic E-state index is 13.4. The fraction of sp³-hybridized carbons (Fsp3) is 0.400. The monoisotopic (exact) mass is 500 g/mol. The molecule has 0 amide bonds. The topological polar surface area (TPSA) is 46.5 Å². The second-order valence-electron chi connectivity index (χ2n) is 9.51. The minimum Gasteiger partial charge on any atom is -0.459 e. The predicted molar refractivity (Wildman–Crippen MR) is 114 cm³/mol. The summed E-state index contributed by atoms with van der Waals surface area (Å²) in [6, 6.07) is 6.65. The van der Waals surface area contributed by atoms with Gasteiger partial charge in [0, 0.05) is 12.8 Å². The SMILES string of the molecule is C[N+]1(C)C2C=CC1CC(OC(=O)C(O)(c1ccc(C(F)(F)F)cc1)c1ccc(C(F)(F)F)cc1)C2. The number of rotatable bonds is 4. The molecule has 2 bridgehead atoms. The summed E-state index contributed by atoms with van der Waals surface area (Å²) < 4.78 is 84.6. The smallest absolute Gasteiger partial charge is 0.416 e. The van der Waals surface area contributed by atoms with E-state index in [1.807, 2.05) is 26.2 Å². The van der Waals surface area contributed by atoms with Crippen LogP contribution in [0.4, 0.5) is 26.3 Å². The molecule has 1 fully saturated rings. The Morgan fingerprint density at radius 3 is 1.46 bits per heavy atom. The number of fused-ring (bicyclic) bond motifs is 2. The summed E-state index contributed by atoms with van der Waals surface area (Å²) in [6.07, 6.45) is -4.85. The number of carbonyl (C=O) groups excluding carboxylic acids is 1. The lowest BCUT2D eigenvalue weighted by molar-refractivity contribution is -0.926. The maximum atomic E-state index is 13.4. The maximum Gasteiger partial charge on any atom is 0.416 e. The lowest BCUT2D eigenvalue weighted by Gasteiger charge is -2.44. The number of alkyl halides is 6. The summed E-state index contributed by atoms with van der Waals surface area (Å²) >= 11 is 0. The number of hydrogen-bond acceptors (Lipinski definition) is 3. The van der Waals surface area contributed by atoms with Crippen molar-refractivity contribution >= 4 is 5.97 Å². The number of esters is 1. The number of aliphatic hydroxyl groups is 1. The Morgan fingerprint density at radius 2 is 1.11 bits per heavy atom. The first-order valence-corrected chi connectivity index (χ1v) is 10.9. The van der Waals surface area contributed by atoms with E-state index in [0.29, 0.717) is 41.6 Å². The van der Waals surface area contributed by atoms with E-state index in [9.17, 15) is 36.2 Å². The van der Waals surface area contributed by atoms with Crippen molar-refractivity contribution in [2.24, 2.45) is 0 Å². The van der Waals surface area contributed by atoms with E-state index >= 15 is 0 Å². The van der Waals surface area contributed by atoms with Crippen LogP contribution in [0.2, 0.25) is 0 Å². The zero-order valence-electron chi connectivity index (χ0n) is 18.9. The third kappa shape index (κ3) is 4.56. The van der Waals surface area contributed by atoms with Gasteiger partial charge in [0.05, 0.1) is 25.2 Å². The van der Waals surface area contributed by atoms with Gasteiger partial charge >= 0.3 is 18.3 Å². The molecule has 0 radical (unpaired) electrons. The molecule has 2 aliphatic rings. The molecule has 0 aromatic heterocycles. The Bertz CT molecular complexity index is 1040. The van der Waals surface area contributed by atoms with Crippen molar-refractivity contribution in [1.29, 1.82) is 0 Å². The van der Waals surface area contributed by atoms with Crippen LogP contribution in [0.15, 0.2) is 60.7 Å². The van der Waals surface area contributed by atoms with Crippen LogP contribution in [0, 0.1) is 0 Å². The first-order valence-electron chi connectivity index (χ1n) is 10.9. The zero-order valence-corrected chi connectivity index (χ0v) is 18.9. The van der Waals surface area contributed by atoms with Crippen LogP contribution in [0.1, 0.15) is 35.1 Å². The standard InChI is InChI=1S/C25H24F6NO3/c1-32(2)19-11-12-20(32)14-21(13-19)35-22(33)23(34,15-3-7-17(8-4-15)24(26,27)28)16-5-9-18(10-6-16)25(29,30)31/h3-12,19-21,34H,13-14H2,1-2H3/q+1. The molecule has 1 N–H and O–H groups in total. The number of nitrogens with zero attached hydrogens (tertiary/aromatic N) is 1. The lowest BCUT2D eigenvalue weighted by atomic mass is 9.85. The fourth-order valence-corrected chi connectivity index (χ4v) is 4.82. The molecule has 2 atom stereocenters. The van der Waals surface area contributed by atoms with Gasteiger partial charge in [-0.2, -0.15) is 26.3 Å². The highest BCUT2D eigenvalue weighted by molar-refractivity contribution is 5.85. The summed E-state index contributed by atoms with van der Waals surface area (Å²) in [5.74, 6) is -1.16. The van der Waals surface area contributed by atoms with Gasteiger partial charge in [-0.05, 0) is 47.5 Å². The number of piperidine rings is 1. The second-order valence-corrected chi connectivity index (χ2v) is 9.51. The van der Waals surface area contributed by atoms with Gasteiger partial charge < -0.3 is 14.3 Å². The summed E-state index contributed by atoms with van der Waals surface area (Å²) in [5, 5.41) is 11.5. The van der Waals surface area contributed by atoms with Crippen molar-refractivity contribution in [1.82, 2.24) is 0 Å². The third-order valence-corrected chi connectivity index (χ3v) is 7.10. The highest BCUT2D eigenvalue weighted by Crippen LogP contribution is 2.40. The van der Waals surface area contributed by atoms with E-state index in [1.54, 1.807) is 0 Å². The van der Waals surface area contributed by atoms with Crippen molar-refractivity contribution in [3.8, 4) is 0 Å². The molecule has 2 aromatic carbocycles. The predicted octanol–water partition coefficient (Wildman–Crippen LogP) is 5.05. The molecule has 2 aliphatic heterocycles. The number of ether oxygens (including phenoxy) is 1. The largest absolute Gasteiger partial charge is 0.459 e. The van der Waals surface area contributed by atoms with Crippen LogP contribution in [0.25, 0.3) is 0 Å². The van der Waals surface area contributed by atoms with E-state index in [2.05, 4.69) is 0 Å². The normalized spacial score (nSPS) is 23.9. The first-order chi connectivity index (χ1) is 16.1. The number of quaternary nitrogens is 1. The molecule has 0 spiro atoms. The van der Waals surface area contributed by atoms with Gasteiger partial charge in [0.25, 0.3) is 0 Å². The van der Waals surface area contributed by atoms with Crippen molar-refractivity contribution in [3.05, 3.63) is 82.9 Å². The van der Waals surface area contributed by atoms with Crippen LogP contribution < -0.4 is 0 Å². The van der Waals surface area contributed by atoms with Gasteiger partial charge in [-0.3, -0.25) is 0 Å². The number of hydrogen-bond donors (Lipinski definition) is 1. The molecule has 0 saturated carbocycles. The summed E-state index contributed by atoms with van der Waals surface area (Å²) in [4.78, 5) is 13.4. The van der Waals surface area contributed by atoms with E-state index in [0.717, 1.165) is 24.3 Å². The third-order valence-electron chi connectivity index (χ3n) is 7.10. The first kappa shape index (κ1) is 25.2. The number of halogens is 6. The molecule has 4 rings (SSSR count). The van der Waals surface area contributed by atoms with Crippen LogP contribution in [-0.2, 0) is 27.5 Å². The highest BCUT2D eigenvalue weighted by atomic mass is 19.4. The molecule has 2 heterocycles. The quantitative estimate of drug-likeness (QED) is 0.277. The van der Waals surface area contributed by atoms with E-state index in [4.69, 9.17) is 4.74 Å². The van der Waals surface area contributed by atoms with Crippen molar-refractivity contribution < 1.29 is 45.5 Å². The fourth-order valence-electron chi connectivity index (χ4n) is 4.82. The van der Waals surface area contributed by atoms with E-state index < -0.39 is 41.2 Å². The Hall–Kier alpha value is -2.85. The van der Waals surface area contributed by atoms with Crippen LogP contribution in [-0.4, -0.2) is 47.8 Å². The highest BCUT2D eigenvalue weighted by Gasteiger charge is 2.49. The van der Waals surface area contributed by atoms with Crippen molar-refractivity contribution in [3.63, 3.8) is 0 Å². The molecule has 2 aromatic rings. The van der Waals surface area contributed by atoms with Crippen molar-refractivity contribution in [2.75, 3.05) is 14.1 Å². The van der Waals surface area contributed by atoms with Gasteiger partial charge in [-0.15, -0.1) is 0 Å². The molecule has 2 unspecified atom stereocenters. The van der Waals surface area contributed by atoms with E-state index in [1.165, 1.54) is 0 Å². The Kier molecular flexibility index (Phi) is 6.04. The van der Waals surface area contributed by atoms with E-state index in [-0.39, 0.29) is 23.2 Å². The minimum atomic E-state index is -4.65. The van der Waals surface area contributed by atoms with Crippen molar-refractivity contribution in [2.45, 2.75) is 49.0 Å². The Balaban J connectivity index is 1.68. The van der Waals surface area contributed by atoms with Crippen LogP contribution >= 0.6 is 0 Å². The average Bonchev–Trinajstić information content (AvgIpc) is 2.93. The lowest BCUT2D eigenvalue weighted by Crippen LogP contribution is -2.57. The van der Waals surface area contributed by atoms with Crippen LogP contribution in [0.5, 0.6) is 0 Å². The zero-order chi connectivity index (χ0) is 25.8. The van der Waals surface area contributed by atoms with Gasteiger partial charge in [-0.25, -0.2) is 4.79 Å². The summed E-state index contributed by atoms with van der Waals surface area (Å²) in [6.45, 7) is 0. The molecule has 188 valence electrons. The van der Waals surface area contributed by atoms with Crippen LogP contribution in [0.3, 0.4) is 0 Å². The minimum absolute atomic E-state index is 0.0804. The van der Waals surface area contributed by atoms with Gasteiger partial charge in [0.15, 0.2) is 0 Å². The summed E-state index contributed by atoms with van der Waals surface area (Å²) in [7, 11) is 4.10. The summed E-state index contributed by atoms with van der Waals surface area (Å²) in [5.41, 5.74) is -5.10. The number of carbonyl (C=O) groups is 1. The Labute approximate surface area is 198 Å². The van der Waals surface area contributed by atoms with Gasteiger partial charge in [0.1, 0.15) is 18.2 Å². The number of benzene rings is 2. The molecular weight excluding hydrogens is 476 g/mol. The molecular formula is C25H24F6NO3+. The molecule has 1 saturated heterocycles. The Morgan fingerprint density at radius 1 is 0.771 bits per heavy atom. The second kappa shape index (κ2) is 8.37. The van der Waals surface area contributed by atoms with Gasteiger partial charge in [0.2, 0.25) is 5.60 Å². The molecule has 4 nitrogen and oxygen atoms in total. The molecule has 0 aliphatic carbocycles. The molecule has 35 heavy (non-hydrogen) atoms. The molecule has 10 heteroatoms. The number of likely N-dealkylation sites (N-methyl/N-ethyl adjacent to an activating group) is 1.